The van der Waals surface area contributed by atoms with Crippen molar-refractivity contribution >= 4 is 102 Å². The number of fused-ring (bicyclic) bond motifs is 5. The Morgan fingerprint density at radius 2 is 0.516 bits per heavy atom. The summed E-state index contributed by atoms with van der Waals surface area (Å²) in [5, 5.41) is 7.55. The number of hydrogen-bond donors (Lipinski definition) is 0. The fourth-order valence-electron chi connectivity index (χ4n) is 9.28. The van der Waals surface area contributed by atoms with E-state index >= 15 is 0 Å². The predicted molar refractivity (Wildman–Crippen MR) is 285 cm³/mol. The van der Waals surface area contributed by atoms with Gasteiger partial charge < -0.3 is 0 Å². The molecule has 2 nitrogen and oxygen atoms in total. The summed E-state index contributed by atoms with van der Waals surface area (Å²) in [5.41, 5.74) is 11.8. The second-order valence-corrected chi connectivity index (χ2v) is 40.4. The van der Waals surface area contributed by atoms with Crippen molar-refractivity contribution in [2.24, 2.45) is 0 Å². The number of para-hydroxylation sites is 2. The molecule has 0 radical (unpaired) electrons. The summed E-state index contributed by atoms with van der Waals surface area (Å²) < 4.78 is 3.02. The molecular formula is C60H54Ge2N2. The average Bonchev–Trinajstić information content (AvgIpc) is 3.32. The number of hydrogen-bond acceptors (Lipinski definition) is 2. The maximum absolute atomic E-state index is 2.45. The van der Waals surface area contributed by atoms with Gasteiger partial charge in [0.25, 0.3) is 0 Å². The Bertz CT molecular complexity index is 3020. The summed E-state index contributed by atoms with van der Waals surface area (Å²) >= 11 is -3.92. The van der Waals surface area contributed by atoms with Crippen LogP contribution in [0.1, 0.15) is 0 Å². The maximum atomic E-state index is 2.45. The van der Waals surface area contributed by atoms with Crippen LogP contribution in [0, 0.1) is 0 Å². The van der Waals surface area contributed by atoms with Gasteiger partial charge in [0.1, 0.15) is 0 Å². The minimum atomic E-state index is -1.96. The van der Waals surface area contributed by atoms with E-state index in [1.807, 2.05) is 0 Å². The second-order valence-electron chi connectivity index (χ2n) is 19.1. The van der Waals surface area contributed by atoms with Crippen molar-refractivity contribution in [1.82, 2.24) is 0 Å². The summed E-state index contributed by atoms with van der Waals surface area (Å²) in [6.45, 7) is 0. The predicted octanol–water partition coefficient (Wildman–Crippen LogP) is 16.5. The van der Waals surface area contributed by atoms with Gasteiger partial charge in [-0.15, -0.1) is 0 Å². The molecular weight excluding hydrogens is 894 g/mol. The first kappa shape index (κ1) is 41.7. The molecule has 0 fully saturated rings. The molecule has 0 aliphatic heterocycles. The molecule has 0 aliphatic carbocycles. The fraction of sp³-hybridized carbons (Fsp3) is 0.100. The molecule has 10 aromatic rings. The summed E-state index contributed by atoms with van der Waals surface area (Å²) in [7, 11) is 0. The van der Waals surface area contributed by atoms with Gasteiger partial charge in [0, 0.05) is 0 Å². The van der Waals surface area contributed by atoms with Crippen LogP contribution >= 0.6 is 0 Å². The van der Waals surface area contributed by atoms with Gasteiger partial charge in [-0.1, -0.05) is 36.4 Å². The first-order valence-corrected chi connectivity index (χ1v) is 37.2. The normalized spacial score (nSPS) is 11.9. The summed E-state index contributed by atoms with van der Waals surface area (Å²) in [6.07, 6.45) is 0. The second kappa shape index (κ2) is 17.0. The molecule has 10 aromatic carbocycles. The van der Waals surface area contributed by atoms with Crippen molar-refractivity contribution in [2.45, 2.75) is 34.5 Å². The zero-order valence-corrected chi connectivity index (χ0v) is 41.9. The molecule has 312 valence electrons. The van der Waals surface area contributed by atoms with Crippen molar-refractivity contribution < 1.29 is 0 Å². The molecule has 0 bridgehead atoms. The monoisotopic (exact) mass is 950 g/mol. The molecule has 0 saturated carbocycles. The Hall–Kier alpha value is -6.33. The van der Waals surface area contributed by atoms with Crippen molar-refractivity contribution in [1.29, 1.82) is 0 Å². The van der Waals surface area contributed by atoms with Gasteiger partial charge in [-0.2, -0.15) is 0 Å². The molecule has 4 heteroatoms. The Labute approximate surface area is 384 Å². The molecule has 0 N–H and O–H groups in total. The average molecular weight is 948 g/mol. The first-order valence-electron chi connectivity index (χ1n) is 22.5. The third-order valence-corrected chi connectivity index (χ3v) is 21.4. The van der Waals surface area contributed by atoms with E-state index in [0.29, 0.717) is 0 Å². The number of nitrogens with zero attached hydrogens (tertiary/aromatic N) is 2. The molecule has 0 saturated heterocycles. The number of benzene rings is 10. The Morgan fingerprint density at radius 3 is 0.828 bits per heavy atom. The van der Waals surface area contributed by atoms with Crippen LogP contribution < -0.4 is 18.6 Å². The van der Waals surface area contributed by atoms with Gasteiger partial charge in [-0.3, -0.25) is 0 Å². The van der Waals surface area contributed by atoms with Gasteiger partial charge in [-0.25, -0.2) is 0 Å². The van der Waals surface area contributed by atoms with Crippen molar-refractivity contribution in [3.05, 3.63) is 218 Å². The van der Waals surface area contributed by atoms with E-state index in [1.54, 1.807) is 0 Å². The Balaban J connectivity index is 1.05. The van der Waals surface area contributed by atoms with Crippen molar-refractivity contribution in [2.75, 3.05) is 9.80 Å². The van der Waals surface area contributed by atoms with Crippen LogP contribution in [0.4, 0.5) is 34.1 Å². The fourth-order valence-corrected chi connectivity index (χ4v) is 14.2. The van der Waals surface area contributed by atoms with Crippen LogP contribution in [0.2, 0.25) is 34.5 Å². The van der Waals surface area contributed by atoms with E-state index in [0.717, 1.165) is 22.7 Å². The molecule has 0 aromatic heterocycles. The van der Waals surface area contributed by atoms with Crippen LogP contribution in [0.3, 0.4) is 0 Å². The zero-order chi connectivity index (χ0) is 44.0. The van der Waals surface area contributed by atoms with E-state index in [2.05, 4.69) is 263 Å². The molecule has 0 aliphatic rings. The standard InChI is InChI=1S/C60H54Ge2N2/c1-61(2,3)45-29-37-51(38-30-45)63(47-17-9-7-10-18-47)49-33-25-43(26-34-49)57-41-59-56-24-16-14-22-54(56)58(42-60(59)55-23-15-13-21-53(55)57)44-27-35-50(36-28-44)64(48-19-11-8-12-20-48)52-39-31-46(32-40-52)62(4,5)6/h7-42H,1-6H3. The molecule has 10 rings (SSSR count). The molecule has 0 atom stereocenters. The number of anilines is 6. The van der Waals surface area contributed by atoms with E-state index < -0.39 is 26.5 Å². The summed E-state index contributed by atoms with van der Waals surface area (Å²) in [4.78, 5) is 4.74. The SMILES string of the molecule is [CH3][Ge]([CH3])([CH3])[c]1ccc(N(c2ccccc2)c2ccc(-c3cc4c5ccccc5c(-c5ccc(N(c6ccccc6)c6cc[c]([Ge]([CH3])([CH3])[CH3])cc6)cc5)cc4c4ccccc34)cc2)cc1. The molecule has 64 heavy (non-hydrogen) atoms. The number of rotatable bonds is 10. The van der Waals surface area contributed by atoms with E-state index in [1.165, 1.54) is 74.7 Å². The molecule has 0 spiro atoms. The van der Waals surface area contributed by atoms with Crippen LogP contribution in [0.5, 0.6) is 0 Å². The van der Waals surface area contributed by atoms with Crippen molar-refractivity contribution in [3.63, 3.8) is 0 Å². The van der Waals surface area contributed by atoms with Gasteiger partial charge in [0.2, 0.25) is 0 Å². The minimum absolute atomic E-state index is 1.14. The first-order chi connectivity index (χ1) is 31.0. The third-order valence-electron chi connectivity index (χ3n) is 12.8. The Morgan fingerprint density at radius 1 is 0.250 bits per heavy atom. The summed E-state index contributed by atoms with van der Waals surface area (Å²) in [5.74, 6) is 14.7. The zero-order valence-electron chi connectivity index (χ0n) is 37.7. The van der Waals surface area contributed by atoms with E-state index in [-0.39, 0.29) is 0 Å². The topological polar surface area (TPSA) is 6.48 Å². The van der Waals surface area contributed by atoms with E-state index in [9.17, 15) is 0 Å². The van der Waals surface area contributed by atoms with Gasteiger partial charge in [0.05, 0.1) is 0 Å². The van der Waals surface area contributed by atoms with E-state index in [4.69, 9.17) is 0 Å². The third kappa shape index (κ3) is 8.06. The van der Waals surface area contributed by atoms with Crippen molar-refractivity contribution in [3.8, 4) is 22.3 Å². The van der Waals surface area contributed by atoms with Gasteiger partial charge >= 0.3 is 350 Å². The van der Waals surface area contributed by atoms with Crippen LogP contribution in [-0.4, -0.2) is 26.5 Å². The quantitative estimate of drug-likeness (QED) is 0.0996. The van der Waals surface area contributed by atoms with Gasteiger partial charge in [-0.05, 0) is 0 Å². The molecule has 0 heterocycles. The summed E-state index contributed by atoms with van der Waals surface area (Å²) in [6, 6.07) is 81.1. The van der Waals surface area contributed by atoms with Gasteiger partial charge in [0.15, 0.2) is 0 Å². The molecule has 0 amide bonds. The molecule has 0 unspecified atom stereocenters. The Kier molecular flexibility index (Phi) is 11.1. The van der Waals surface area contributed by atoms with Crippen LogP contribution in [0.25, 0.3) is 54.6 Å². The van der Waals surface area contributed by atoms with Crippen LogP contribution in [-0.2, 0) is 0 Å². The van der Waals surface area contributed by atoms with Crippen LogP contribution in [0.15, 0.2) is 218 Å².